The Bertz CT molecular complexity index is 1090. The van der Waals surface area contributed by atoms with Gasteiger partial charge in [-0.15, -0.1) is 0 Å². The number of nitrogens with one attached hydrogen (secondary N) is 1. The highest BCUT2D eigenvalue weighted by molar-refractivity contribution is 6.05. The van der Waals surface area contributed by atoms with E-state index >= 15 is 0 Å². The summed E-state index contributed by atoms with van der Waals surface area (Å²) in [5.74, 6) is -0.330. The molecule has 6 nitrogen and oxygen atoms in total. The molecule has 1 N–H and O–H groups in total. The third-order valence-electron chi connectivity index (χ3n) is 4.76. The Kier molecular flexibility index (Phi) is 5.57. The molecule has 0 atom stereocenters. The van der Waals surface area contributed by atoms with Crippen LogP contribution in [0, 0.1) is 0 Å². The summed E-state index contributed by atoms with van der Waals surface area (Å²) in [6, 6.07) is 20.4. The summed E-state index contributed by atoms with van der Waals surface area (Å²) in [6.45, 7) is 0.246. The Balaban J connectivity index is 1.32. The van der Waals surface area contributed by atoms with Crippen molar-refractivity contribution in [3.63, 3.8) is 0 Å². The van der Waals surface area contributed by atoms with Crippen LogP contribution in [0.3, 0.4) is 0 Å². The fourth-order valence-electron chi connectivity index (χ4n) is 3.14. The van der Waals surface area contributed by atoms with E-state index in [9.17, 15) is 14.4 Å². The van der Waals surface area contributed by atoms with E-state index in [1.807, 2.05) is 6.07 Å². The van der Waals surface area contributed by atoms with Crippen LogP contribution < -0.4 is 10.1 Å². The second-order valence-electron chi connectivity index (χ2n) is 6.82. The van der Waals surface area contributed by atoms with Crippen LogP contribution in [0.5, 0.6) is 5.75 Å². The van der Waals surface area contributed by atoms with Crippen LogP contribution in [-0.4, -0.2) is 30.9 Å². The smallest absolute Gasteiger partial charge is 0.338 e. The van der Waals surface area contributed by atoms with Crippen LogP contribution in [-0.2, 0) is 11.2 Å². The number of rotatable bonds is 6. The van der Waals surface area contributed by atoms with Crippen molar-refractivity contribution in [2.75, 3.05) is 18.5 Å². The molecule has 30 heavy (non-hydrogen) atoms. The third kappa shape index (κ3) is 4.38. The van der Waals surface area contributed by atoms with Gasteiger partial charge in [0.05, 0.1) is 12.2 Å². The normalized spacial score (nSPS) is 11.9. The molecule has 0 spiro atoms. The number of hydrogen-bond acceptors (Lipinski definition) is 5. The molecule has 0 saturated carbocycles. The molecule has 0 bridgehead atoms. The lowest BCUT2D eigenvalue weighted by Gasteiger charge is -2.08. The average Bonchev–Trinajstić information content (AvgIpc) is 3.26. The number of esters is 1. The number of hydrogen-bond donors (Lipinski definition) is 1. The molecule has 0 aliphatic carbocycles. The van der Waals surface area contributed by atoms with Crippen LogP contribution in [0.15, 0.2) is 72.8 Å². The Morgan fingerprint density at radius 1 is 0.867 bits per heavy atom. The summed E-state index contributed by atoms with van der Waals surface area (Å²) < 4.78 is 10.6. The van der Waals surface area contributed by atoms with Crippen molar-refractivity contribution in [3.05, 3.63) is 95.1 Å². The first kappa shape index (κ1) is 19.4. The fourth-order valence-corrected chi connectivity index (χ4v) is 3.14. The molecule has 4 rings (SSSR count). The predicted octanol–water partition coefficient (Wildman–Crippen LogP) is 3.91. The largest absolute Gasteiger partial charge is 0.493 e. The van der Waals surface area contributed by atoms with Gasteiger partial charge in [-0.25, -0.2) is 4.79 Å². The molecule has 3 aromatic rings. The van der Waals surface area contributed by atoms with Gasteiger partial charge in [0.1, 0.15) is 5.75 Å². The van der Waals surface area contributed by atoms with Gasteiger partial charge in [-0.05, 0) is 60.2 Å². The maximum absolute atomic E-state index is 12.3. The molecular formula is C24H19NO5. The second-order valence-corrected chi connectivity index (χ2v) is 6.82. The Hall–Kier alpha value is -3.93. The molecule has 1 aliphatic rings. The van der Waals surface area contributed by atoms with E-state index in [1.165, 1.54) is 0 Å². The quantitative estimate of drug-likeness (QED) is 0.500. The third-order valence-corrected chi connectivity index (χ3v) is 4.76. The topological polar surface area (TPSA) is 81.7 Å². The lowest BCUT2D eigenvalue weighted by atomic mass is 10.1. The number of carbonyl (C=O) groups excluding carboxylic acids is 3. The standard InChI is InChI=1S/C24H19NO5/c26-21(15-30-24(28)19-8-11-22-18(14-19)12-13-29-22)16-6-9-20(10-7-16)25-23(27)17-4-2-1-3-5-17/h1-11,14H,12-13,15H2,(H,25,27). The molecule has 0 unspecified atom stereocenters. The lowest BCUT2D eigenvalue weighted by molar-refractivity contribution is 0.0474. The van der Waals surface area contributed by atoms with E-state index in [0.29, 0.717) is 29.0 Å². The zero-order valence-corrected chi connectivity index (χ0v) is 16.1. The van der Waals surface area contributed by atoms with Crippen molar-refractivity contribution in [1.82, 2.24) is 0 Å². The van der Waals surface area contributed by atoms with Crippen molar-refractivity contribution in [2.45, 2.75) is 6.42 Å². The summed E-state index contributed by atoms with van der Waals surface area (Å²) in [5.41, 5.74) is 2.86. The molecular weight excluding hydrogens is 382 g/mol. The zero-order chi connectivity index (χ0) is 20.9. The number of ether oxygens (including phenoxy) is 2. The van der Waals surface area contributed by atoms with Gasteiger partial charge in [0, 0.05) is 23.2 Å². The molecule has 3 aromatic carbocycles. The molecule has 0 fully saturated rings. The van der Waals surface area contributed by atoms with Crippen molar-refractivity contribution in [3.8, 4) is 5.75 Å². The van der Waals surface area contributed by atoms with Crippen LogP contribution in [0.1, 0.15) is 36.6 Å². The van der Waals surface area contributed by atoms with E-state index in [2.05, 4.69) is 5.32 Å². The summed E-state index contributed by atoms with van der Waals surface area (Å²) in [4.78, 5) is 36.7. The number of amides is 1. The van der Waals surface area contributed by atoms with E-state index in [0.717, 1.165) is 17.7 Å². The minimum atomic E-state index is -0.551. The summed E-state index contributed by atoms with van der Waals surface area (Å²) in [5, 5.41) is 2.77. The lowest BCUT2D eigenvalue weighted by Crippen LogP contribution is -2.15. The molecule has 0 saturated heterocycles. The highest BCUT2D eigenvalue weighted by atomic mass is 16.5. The number of carbonyl (C=O) groups is 3. The molecule has 6 heteroatoms. The Morgan fingerprint density at radius 2 is 1.60 bits per heavy atom. The van der Waals surface area contributed by atoms with Crippen LogP contribution in [0.4, 0.5) is 5.69 Å². The molecule has 1 aliphatic heterocycles. The van der Waals surface area contributed by atoms with Gasteiger partial charge in [0.2, 0.25) is 0 Å². The van der Waals surface area contributed by atoms with E-state index < -0.39 is 5.97 Å². The minimum Gasteiger partial charge on any atom is -0.493 e. The van der Waals surface area contributed by atoms with Crippen molar-refractivity contribution in [2.24, 2.45) is 0 Å². The Morgan fingerprint density at radius 3 is 2.37 bits per heavy atom. The first-order valence-electron chi connectivity index (χ1n) is 9.53. The SMILES string of the molecule is O=C(COC(=O)c1ccc2c(c1)CCO2)c1ccc(NC(=O)c2ccccc2)cc1. The number of fused-ring (bicyclic) bond motifs is 1. The van der Waals surface area contributed by atoms with Gasteiger partial charge in [0.25, 0.3) is 5.91 Å². The first-order valence-corrected chi connectivity index (χ1v) is 9.53. The number of benzene rings is 3. The highest BCUT2D eigenvalue weighted by Gasteiger charge is 2.17. The summed E-state index contributed by atoms with van der Waals surface area (Å²) in [6.07, 6.45) is 0.753. The fraction of sp³-hybridized carbons (Fsp3) is 0.125. The zero-order valence-electron chi connectivity index (χ0n) is 16.1. The van der Waals surface area contributed by atoms with E-state index in [-0.39, 0.29) is 18.3 Å². The predicted molar refractivity (Wildman–Crippen MR) is 111 cm³/mol. The van der Waals surface area contributed by atoms with E-state index in [4.69, 9.17) is 9.47 Å². The number of ketones is 1. The monoisotopic (exact) mass is 401 g/mol. The van der Waals surface area contributed by atoms with Crippen molar-refractivity contribution in [1.29, 1.82) is 0 Å². The van der Waals surface area contributed by atoms with Crippen LogP contribution >= 0.6 is 0 Å². The van der Waals surface area contributed by atoms with Gasteiger partial charge in [0.15, 0.2) is 12.4 Å². The Labute approximate surface area is 173 Å². The first-order chi connectivity index (χ1) is 14.6. The van der Waals surface area contributed by atoms with Gasteiger partial charge in [-0.3, -0.25) is 9.59 Å². The number of Topliss-reactive ketones (excluding diaryl/α,β-unsaturated/α-hetero) is 1. The van der Waals surface area contributed by atoms with Gasteiger partial charge >= 0.3 is 5.97 Å². The molecule has 1 amide bonds. The summed E-state index contributed by atoms with van der Waals surface area (Å²) >= 11 is 0. The second kappa shape index (κ2) is 8.61. The highest BCUT2D eigenvalue weighted by Crippen LogP contribution is 2.26. The average molecular weight is 401 g/mol. The molecule has 1 heterocycles. The number of anilines is 1. The van der Waals surface area contributed by atoms with Crippen LogP contribution in [0.2, 0.25) is 0 Å². The molecule has 150 valence electrons. The molecule has 0 aromatic heterocycles. The van der Waals surface area contributed by atoms with Crippen molar-refractivity contribution >= 4 is 23.3 Å². The maximum atomic E-state index is 12.3. The van der Waals surface area contributed by atoms with Gasteiger partial charge < -0.3 is 14.8 Å². The maximum Gasteiger partial charge on any atom is 0.338 e. The minimum absolute atomic E-state index is 0.233. The van der Waals surface area contributed by atoms with Crippen LogP contribution in [0.25, 0.3) is 0 Å². The van der Waals surface area contributed by atoms with Gasteiger partial charge in [-0.2, -0.15) is 0 Å². The van der Waals surface area contributed by atoms with E-state index in [1.54, 1.807) is 66.7 Å². The molecule has 0 radical (unpaired) electrons. The van der Waals surface area contributed by atoms with Gasteiger partial charge in [-0.1, -0.05) is 18.2 Å². The summed E-state index contributed by atoms with van der Waals surface area (Å²) in [7, 11) is 0. The van der Waals surface area contributed by atoms with Crippen molar-refractivity contribution < 1.29 is 23.9 Å².